The molecule has 116 valence electrons. The number of rotatable bonds is 5. The summed E-state index contributed by atoms with van der Waals surface area (Å²) in [6.45, 7) is 0. The van der Waals surface area contributed by atoms with Crippen molar-refractivity contribution in [2.45, 2.75) is 0 Å². The number of halogens is 1. The highest BCUT2D eigenvalue weighted by Crippen LogP contribution is 2.39. The number of nitrogens with one attached hydrogen (secondary N) is 1. The number of anilines is 1. The Labute approximate surface area is 133 Å². The van der Waals surface area contributed by atoms with E-state index in [1.807, 2.05) is 0 Å². The summed E-state index contributed by atoms with van der Waals surface area (Å²) in [7, 11) is 4.54. The molecule has 6 heteroatoms. The average Bonchev–Trinajstić information content (AvgIpc) is 2.55. The number of carbonyl (C=O) groups excluding carboxylic acids is 1. The molecule has 0 aliphatic carbocycles. The van der Waals surface area contributed by atoms with E-state index in [-0.39, 0.29) is 5.91 Å². The number of benzene rings is 2. The second-order valence-corrected chi connectivity index (χ2v) is 4.75. The van der Waals surface area contributed by atoms with Gasteiger partial charge in [-0.15, -0.1) is 0 Å². The van der Waals surface area contributed by atoms with Crippen LogP contribution in [0.3, 0.4) is 0 Å². The molecule has 5 nitrogen and oxygen atoms in total. The fraction of sp³-hybridized carbons (Fsp3) is 0.188. The van der Waals surface area contributed by atoms with Crippen LogP contribution in [0.25, 0.3) is 0 Å². The molecule has 0 radical (unpaired) electrons. The molecule has 0 fully saturated rings. The summed E-state index contributed by atoms with van der Waals surface area (Å²) in [5, 5.41) is 3.13. The van der Waals surface area contributed by atoms with E-state index in [0.29, 0.717) is 33.5 Å². The van der Waals surface area contributed by atoms with Crippen molar-refractivity contribution in [3.63, 3.8) is 0 Å². The first kappa shape index (κ1) is 16.0. The number of amides is 1. The number of hydrogen-bond acceptors (Lipinski definition) is 4. The highest BCUT2D eigenvalue weighted by Gasteiger charge is 2.18. The molecule has 0 spiro atoms. The molecule has 0 heterocycles. The van der Waals surface area contributed by atoms with Crippen LogP contribution in [0.1, 0.15) is 10.4 Å². The minimum absolute atomic E-state index is 0.354. The van der Waals surface area contributed by atoms with Crippen LogP contribution in [0.5, 0.6) is 17.2 Å². The minimum Gasteiger partial charge on any atom is -0.496 e. The second-order valence-electron chi connectivity index (χ2n) is 4.34. The molecule has 2 rings (SSSR count). The molecule has 1 N–H and O–H groups in total. The van der Waals surface area contributed by atoms with Crippen LogP contribution in [0.15, 0.2) is 36.4 Å². The van der Waals surface area contributed by atoms with Gasteiger partial charge in [0, 0.05) is 12.1 Å². The molecule has 2 aromatic rings. The maximum atomic E-state index is 12.4. The van der Waals surface area contributed by atoms with Crippen LogP contribution >= 0.6 is 11.6 Å². The number of methoxy groups -OCH3 is 3. The second kappa shape index (κ2) is 7.04. The Kier molecular flexibility index (Phi) is 5.12. The van der Waals surface area contributed by atoms with Crippen LogP contribution < -0.4 is 19.5 Å². The van der Waals surface area contributed by atoms with Crippen molar-refractivity contribution < 1.29 is 19.0 Å². The van der Waals surface area contributed by atoms with Gasteiger partial charge in [-0.3, -0.25) is 4.79 Å². The lowest BCUT2D eigenvalue weighted by molar-refractivity contribution is 0.102. The molecule has 0 saturated heterocycles. The number of hydrogen-bond donors (Lipinski definition) is 1. The van der Waals surface area contributed by atoms with Gasteiger partial charge in [0.05, 0.1) is 31.9 Å². The van der Waals surface area contributed by atoms with E-state index in [1.54, 1.807) is 36.4 Å². The van der Waals surface area contributed by atoms with Gasteiger partial charge in [-0.2, -0.15) is 0 Å². The zero-order valence-electron chi connectivity index (χ0n) is 12.5. The molecule has 0 atom stereocenters. The van der Waals surface area contributed by atoms with Gasteiger partial charge < -0.3 is 19.5 Å². The van der Waals surface area contributed by atoms with Crippen molar-refractivity contribution in [3.05, 3.63) is 47.0 Å². The lowest BCUT2D eigenvalue weighted by Gasteiger charge is -2.16. The average molecular weight is 322 g/mol. The largest absolute Gasteiger partial charge is 0.496 e. The molecule has 0 aliphatic rings. The highest BCUT2D eigenvalue weighted by molar-refractivity contribution is 6.34. The summed E-state index contributed by atoms with van der Waals surface area (Å²) in [5.74, 6) is 1.06. The first-order chi connectivity index (χ1) is 10.6. The summed E-state index contributed by atoms with van der Waals surface area (Å²) < 4.78 is 15.7. The van der Waals surface area contributed by atoms with Crippen molar-refractivity contribution >= 4 is 23.2 Å². The van der Waals surface area contributed by atoms with Gasteiger partial charge in [0.2, 0.25) is 0 Å². The Balaban J connectivity index is 2.40. The van der Waals surface area contributed by atoms with E-state index in [0.717, 1.165) is 0 Å². The fourth-order valence-electron chi connectivity index (χ4n) is 1.96. The zero-order chi connectivity index (χ0) is 16.1. The predicted octanol–water partition coefficient (Wildman–Crippen LogP) is 3.62. The van der Waals surface area contributed by atoms with Crippen molar-refractivity contribution in [1.82, 2.24) is 0 Å². The van der Waals surface area contributed by atoms with Crippen LogP contribution in [0, 0.1) is 0 Å². The first-order valence-corrected chi connectivity index (χ1v) is 6.84. The van der Waals surface area contributed by atoms with E-state index in [4.69, 9.17) is 25.8 Å². The maximum Gasteiger partial charge on any atom is 0.257 e. The van der Waals surface area contributed by atoms with Gasteiger partial charge in [0.25, 0.3) is 5.91 Å². The van der Waals surface area contributed by atoms with Gasteiger partial charge in [0.1, 0.15) is 22.9 Å². The summed E-state index contributed by atoms with van der Waals surface area (Å²) in [6, 6.07) is 10.1. The minimum atomic E-state index is -0.354. The normalized spacial score (nSPS) is 10.0. The SMILES string of the molecule is COc1cc(OC)c(NC(=O)c2ccccc2Cl)c(OC)c1. The van der Waals surface area contributed by atoms with Gasteiger partial charge in [0.15, 0.2) is 0 Å². The quantitative estimate of drug-likeness (QED) is 0.914. The summed E-state index contributed by atoms with van der Waals surface area (Å²) >= 11 is 6.04. The summed E-state index contributed by atoms with van der Waals surface area (Å²) in [6.07, 6.45) is 0. The zero-order valence-corrected chi connectivity index (χ0v) is 13.2. The van der Waals surface area contributed by atoms with Crippen molar-refractivity contribution in [1.29, 1.82) is 0 Å². The lowest BCUT2D eigenvalue weighted by Crippen LogP contribution is -2.14. The smallest absolute Gasteiger partial charge is 0.257 e. The van der Waals surface area contributed by atoms with Gasteiger partial charge >= 0.3 is 0 Å². The third kappa shape index (κ3) is 3.26. The van der Waals surface area contributed by atoms with E-state index < -0.39 is 0 Å². The van der Waals surface area contributed by atoms with Crippen molar-refractivity contribution in [3.8, 4) is 17.2 Å². The third-order valence-corrected chi connectivity index (χ3v) is 3.40. The van der Waals surface area contributed by atoms with Crippen LogP contribution in [0.4, 0.5) is 5.69 Å². The van der Waals surface area contributed by atoms with E-state index in [9.17, 15) is 4.79 Å². The number of ether oxygens (including phenoxy) is 3. The first-order valence-electron chi connectivity index (χ1n) is 6.46. The Morgan fingerprint density at radius 2 is 1.59 bits per heavy atom. The molecular weight excluding hydrogens is 306 g/mol. The standard InChI is InChI=1S/C16H16ClNO4/c1-20-10-8-13(21-2)15(14(9-10)22-3)18-16(19)11-6-4-5-7-12(11)17/h4-9H,1-3H3,(H,18,19). The molecule has 0 saturated carbocycles. The molecular formula is C16H16ClNO4. The van der Waals surface area contributed by atoms with Crippen LogP contribution in [0.2, 0.25) is 5.02 Å². The monoisotopic (exact) mass is 321 g/mol. The van der Waals surface area contributed by atoms with E-state index in [1.165, 1.54) is 21.3 Å². The molecule has 1 amide bonds. The summed E-state index contributed by atoms with van der Waals surface area (Å²) in [4.78, 5) is 12.4. The Morgan fingerprint density at radius 3 is 2.09 bits per heavy atom. The van der Waals surface area contributed by atoms with Crippen LogP contribution in [-0.4, -0.2) is 27.2 Å². The Hall–Kier alpha value is -2.40. The van der Waals surface area contributed by atoms with Gasteiger partial charge in [-0.1, -0.05) is 23.7 Å². The Bertz CT molecular complexity index is 663. The molecule has 0 bridgehead atoms. The van der Waals surface area contributed by atoms with Crippen molar-refractivity contribution in [2.24, 2.45) is 0 Å². The molecule has 0 aromatic heterocycles. The van der Waals surface area contributed by atoms with Gasteiger partial charge in [-0.25, -0.2) is 0 Å². The molecule has 0 aliphatic heterocycles. The van der Waals surface area contributed by atoms with Gasteiger partial charge in [-0.05, 0) is 12.1 Å². The third-order valence-electron chi connectivity index (χ3n) is 3.07. The Morgan fingerprint density at radius 1 is 1.00 bits per heavy atom. The van der Waals surface area contributed by atoms with Crippen LogP contribution in [-0.2, 0) is 0 Å². The predicted molar refractivity (Wildman–Crippen MR) is 85.5 cm³/mol. The topological polar surface area (TPSA) is 56.8 Å². The highest BCUT2D eigenvalue weighted by atomic mass is 35.5. The summed E-state index contributed by atoms with van der Waals surface area (Å²) in [5.41, 5.74) is 0.778. The lowest BCUT2D eigenvalue weighted by atomic mass is 10.2. The van der Waals surface area contributed by atoms with E-state index in [2.05, 4.69) is 5.32 Å². The van der Waals surface area contributed by atoms with E-state index >= 15 is 0 Å². The maximum absolute atomic E-state index is 12.4. The molecule has 22 heavy (non-hydrogen) atoms. The number of carbonyl (C=O) groups is 1. The molecule has 0 unspecified atom stereocenters. The molecule has 2 aromatic carbocycles. The fourth-order valence-corrected chi connectivity index (χ4v) is 2.18. The van der Waals surface area contributed by atoms with Crippen molar-refractivity contribution in [2.75, 3.05) is 26.6 Å².